The molecule has 0 radical (unpaired) electrons. The highest BCUT2D eigenvalue weighted by molar-refractivity contribution is 9.10. The molecule has 0 saturated heterocycles. The second-order valence-corrected chi connectivity index (χ2v) is 5.74. The second kappa shape index (κ2) is 6.36. The number of anilines is 1. The summed E-state index contributed by atoms with van der Waals surface area (Å²) in [4.78, 5) is 17.7. The predicted octanol–water partition coefficient (Wildman–Crippen LogP) is 2.95. The van der Waals surface area contributed by atoms with Gasteiger partial charge in [0, 0.05) is 25.7 Å². The van der Waals surface area contributed by atoms with Gasteiger partial charge in [0.1, 0.15) is 11.6 Å². The van der Waals surface area contributed by atoms with Gasteiger partial charge in [-0.3, -0.25) is 0 Å². The number of fused-ring (bicyclic) bond motifs is 1. The van der Waals surface area contributed by atoms with Crippen molar-refractivity contribution in [3.8, 4) is 17.3 Å². The third kappa shape index (κ3) is 3.11. The minimum absolute atomic E-state index is 0.278. The third-order valence-corrected chi connectivity index (χ3v) is 3.58. The Morgan fingerprint density at radius 2 is 2.33 bits per heavy atom. The lowest BCUT2D eigenvalue weighted by Gasteiger charge is -2.14. The predicted molar refractivity (Wildman–Crippen MR) is 91.7 cm³/mol. The van der Waals surface area contributed by atoms with Crippen molar-refractivity contribution in [2.45, 2.75) is 0 Å². The van der Waals surface area contributed by atoms with E-state index in [0.717, 1.165) is 0 Å². The van der Waals surface area contributed by atoms with Gasteiger partial charge in [-0.15, -0.1) is 11.7 Å². The first kappa shape index (κ1) is 16.1. The quantitative estimate of drug-likeness (QED) is 0.686. The van der Waals surface area contributed by atoms with Gasteiger partial charge in [0.25, 0.3) is 0 Å². The van der Waals surface area contributed by atoms with Crippen LogP contribution in [0.15, 0.2) is 46.0 Å². The van der Waals surface area contributed by atoms with E-state index < -0.39 is 6.09 Å². The van der Waals surface area contributed by atoms with E-state index >= 15 is 0 Å². The minimum atomic E-state index is -0.520. The summed E-state index contributed by atoms with van der Waals surface area (Å²) in [6.45, 7) is 3.95. The van der Waals surface area contributed by atoms with E-state index in [1.54, 1.807) is 31.3 Å². The van der Waals surface area contributed by atoms with Gasteiger partial charge in [-0.05, 0) is 28.1 Å². The van der Waals surface area contributed by atoms with Crippen molar-refractivity contribution >= 4 is 33.5 Å². The van der Waals surface area contributed by atoms with Crippen LogP contribution >= 0.6 is 15.9 Å². The van der Waals surface area contributed by atoms with E-state index in [-0.39, 0.29) is 11.6 Å². The summed E-state index contributed by atoms with van der Waals surface area (Å²) in [5, 5.41) is 4.28. The fraction of sp³-hybridized carbons (Fsp3) is 0.133. The number of nitrogens with zero attached hydrogens (tertiary/aromatic N) is 4. The first-order valence-corrected chi connectivity index (χ1v) is 7.73. The van der Waals surface area contributed by atoms with Crippen LogP contribution in [0.5, 0.6) is 5.75 Å². The van der Waals surface area contributed by atoms with Crippen LogP contribution in [0.25, 0.3) is 17.2 Å². The van der Waals surface area contributed by atoms with Crippen molar-refractivity contribution in [2.24, 2.45) is 0 Å². The number of halogens is 1. The van der Waals surface area contributed by atoms with Crippen molar-refractivity contribution in [3.05, 3.63) is 41.6 Å². The van der Waals surface area contributed by atoms with E-state index in [4.69, 9.17) is 14.9 Å². The van der Waals surface area contributed by atoms with Gasteiger partial charge >= 0.3 is 6.09 Å². The molecule has 0 aromatic carbocycles. The lowest BCUT2D eigenvalue weighted by Crippen LogP contribution is -2.29. The minimum Gasteiger partial charge on any atom is -0.446 e. The highest BCUT2D eigenvalue weighted by Gasteiger charge is 2.15. The van der Waals surface area contributed by atoms with Crippen LogP contribution in [-0.4, -0.2) is 39.2 Å². The maximum atomic E-state index is 11.9. The summed E-state index contributed by atoms with van der Waals surface area (Å²) >= 11 is 3.23. The lowest BCUT2D eigenvalue weighted by atomic mass is 10.4. The Morgan fingerprint density at radius 1 is 1.54 bits per heavy atom. The fourth-order valence-corrected chi connectivity index (χ4v) is 2.33. The van der Waals surface area contributed by atoms with Crippen molar-refractivity contribution in [3.63, 3.8) is 0 Å². The monoisotopic (exact) mass is 391 g/mol. The van der Waals surface area contributed by atoms with Crippen LogP contribution in [0.4, 0.5) is 10.6 Å². The van der Waals surface area contributed by atoms with E-state index in [2.05, 4.69) is 32.6 Å². The van der Waals surface area contributed by atoms with Crippen LogP contribution in [0.2, 0.25) is 0 Å². The molecule has 0 aliphatic carbocycles. The number of furan rings is 1. The molecule has 8 nitrogen and oxygen atoms in total. The molecule has 0 aliphatic rings. The number of carbonyl (C=O) groups is 1. The smallest absolute Gasteiger partial charge is 0.415 e. The highest BCUT2D eigenvalue weighted by Crippen LogP contribution is 2.25. The molecule has 3 aromatic rings. The van der Waals surface area contributed by atoms with Gasteiger partial charge < -0.3 is 19.8 Å². The maximum Gasteiger partial charge on any atom is 0.415 e. The molecule has 0 spiro atoms. The van der Waals surface area contributed by atoms with Gasteiger partial charge in [-0.25, -0.2) is 9.78 Å². The number of hydrogen-bond acceptors (Lipinski definition) is 6. The zero-order chi connectivity index (χ0) is 17.3. The summed E-state index contributed by atoms with van der Waals surface area (Å²) < 4.78 is 12.7. The van der Waals surface area contributed by atoms with Gasteiger partial charge in [-0.2, -0.15) is 4.52 Å². The summed E-state index contributed by atoms with van der Waals surface area (Å²) in [5.74, 6) is 1.43. The summed E-state index contributed by atoms with van der Waals surface area (Å²) in [5.41, 5.74) is 6.40. The highest BCUT2D eigenvalue weighted by atomic mass is 79.9. The average molecular weight is 392 g/mol. The van der Waals surface area contributed by atoms with Gasteiger partial charge in [0.15, 0.2) is 16.1 Å². The normalized spacial score (nSPS) is 10.8. The molecule has 0 atom stereocenters. The molecular weight excluding hydrogens is 378 g/mol. The van der Waals surface area contributed by atoms with Gasteiger partial charge in [0.2, 0.25) is 5.82 Å². The summed E-state index contributed by atoms with van der Waals surface area (Å²) in [6.07, 6.45) is 1.08. The van der Waals surface area contributed by atoms with Crippen LogP contribution < -0.4 is 10.5 Å². The number of amides is 1. The zero-order valence-electron chi connectivity index (χ0n) is 12.8. The standard InChI is InChI=1S/C15H14BrN5O3/c1-3-6-20(2)15(22)23-9-7-12(17)21-13(8-9)18-14(19-21)10-4-5-11(16)24-10/h3-5,7-8H,1,6,17H2,2H3. The average Bonchev–Trinajstić information content (AvgIpc) is 3.13. The fourth-order valence-electron chi connectivity index (χ4n) is 2.03. The molecule has 0 aliphatic heterocycles. The van der Waals surface area contributed by atoms with Crippen molar-refractivity contribution < 1.29 is 13.9 Å². The number of hydrogen-bond donors (Lipinski definition) is 1. The SMILES string of the molecule is C=CCN(C)C(=O)Oc1cc(N)n2nc(-c3ccc(Br)o3)nc2c1. The van der Waals surface area contributed by atoms with Gasteiger partial charge in [-0.1, -0.05) is 6.08 Å². The van der Waals surface area contributed by atoms with E-state index in [9.17, 15) is 4.79 Å². The van der Waals surface area contributed by atoms with E-state index in [0.29, 0.717) is 28.4 Å². The Morgan fingerprint density at radius 3 is 3.00 bits per heavy atom. The van der Waals surface area contributed by atoms with Crippen molar-refractivity contribution in [2.75, 3.05) is 19.3 Å². The molecule has 9 heteroatoms. The van der Waals surface area contributed by atoms with Crippen LogP contribution in [0, 0.1) is 0 Å². The molecule has 3 aromatic heterocycles. The molecule has 124 valence electrons. The number of rotatable bonds is 4. The third-order valence-electron chi connectivity index (χ3n) is 3.15. The molecule has 24 heavy (non-hydrogen) atoms. The molecule has 0 fully saturated rings. The van der Waals surface area contributed by atoms with Crippen LogP contribution in [0.1, 0.15) is 0 Å². The molecular formula is C15H14BrN5O3. The number of nitrogens with two attached hydrogens (primary N) is 1. The van der Waals surface area contributed by atoms with Crippen LogP contribution in [-0.2, 0) is 0 Å². The number of pyridine rings is 1. The first-order chi connectivity index (χ1) is 11.5. The number of carbonyl (C=O) groups excluding carboxylic acids is 1. The maximum absolute atomic E-state index is 11.9. The molecule has 0 saturated carbocycles. The molecule has 3 heterocycles. The second-order valence-electron chi connectivity index (χ2n) is 4.96. The molecule has 1 amide bonds. The Bertz CT molecular complexity index is 917. The molecule has 0 unspecified atom stereocenters. The zero-order valence-corrected chi connectivity index (χ0v) is 14.4. The number of aromatic nitrogens is 3. The van der Waals surface area contributed by atoms with Crippen molar-refractivity contribution in [1.82, 2.24) is 19.5 Å². The van der Waals surface area contributed by atoms with Gasteiger partial charge in [0.05, 0.1) is 0 Å². The molecule has 0 bridgehead atoms. The largest absolute Gasteiger partial charge is 0.446 e. The Labute approximate surface area is 145 Å². The molecule has 3 rings (SSSR count). The summed E-state index contributed by atoms with van der Waals surface area (Å²) in [7, 11) is 1.61. The van der Waals surface area contributed by atoms with Crippen LogP contribution in [0.3, 0.4) is 0 Å². The Hall–Kier alpha value is -2.81. The van der Waals surface area contributed by atoms with E-state index in [1.807, 2.05) is 0 Å². The number of nitrogen functional groups attached to an aromatic ring is 1. The number of ether oxygens (including phenoxy) is 1. The number of likely N-dealkylation sites (N-methyl/N-ethyl adjacent to an activating group) is 1. The Balaban J connectivity index is 1.92. The van der Waals surface area contributed by atoms with Crippen molar-refractivity contribution in [1.29, 1.82) is 0 Å². The lowest BCUT2D eigenvalue weighted by molar-refractivity contribution is 0.167. The van der Waals surface area contributed by atoms with E-state index in [1.165, 1.54) is 15.5 Å². The Kier molecular flexibility index (Phi) is 4.26. The topological polar surface area (TPSA) is 98.9 Å². The molecule has 2 N–H and O–H groups in total. The summed E-state index contributed by atoms with van der Waals surface area (Å²) in [6, 6.07) is 6.56. The first-order valence-electron chi connectivity index (χ1n) is 6.94.